The third kappa shape index (κ3) is 2.16. The summed E-state index contributed by atoms with van der Waals surface area (Å²) in [7, 11) is 0. The van der Waals surface area contributed by atoms with Gasteiger partial charge in [0.25, 0.3) is 0 Å². The van der Waals surface area contributed by atoms with Crippen LogP contribution in [0.2, 0.25) is 0 Å². The summed E-state index contributed by atoms with van der Waals surface area (Å²) >= 11 is 5.43. The molecule has 1 atom stereocenters. The Morgan fingerprint density at radius 1 is 1.39 bits per heavy atom. The van der Waals surface area contributed by atoms with Crippen molar-refractivity contribution in [2.75, 3.05) is 39.4 Å². The van der Waals surface area contributed by atoms with Crippen LogP contribution in [0.1, 0.15) is 11.8 Å². The highest BCUT2D eigenvalue weighted by Gasteiger charge is 2.48. The summed E-state index contributed by atoms with van der Waals surface area (Å²) in [6, 6.07) is 4.97. The Labute approximate surface area is 121 Å². The van der Waals surface area contributed by atoms with E-state index in [0.29, 0.717) is 6.04 Å². The fraction of sp³-hybridized carbons (Fsp3) is 0.692. The molecule has 0 saturated carbocycles. The van der Waals surface area contributed by atoms with Crippen LogP contribution >= 0.6 is 27.3 Å². The van der Waals surface area contributed by atoms with Gasteiger partial charge in [0.1, 0.15) is 0 Å². The lowest BCUT2D eigenvalue weighted by Crippen LogP contribution is -2.62. The summed E-state index contributed by atoms with van der Waals surface area (Å²) in [4.78, 5) is 4.07. The summed E-state index contributed by atoms with van der Waals surface area (Å²) in [5.74, 6) is 0. The zero-order chi connectivity index (χ0) is 12.6. The standard InChI is InChI=1S/C13H19BrN2OS/c1-10(16-6-4-15-5-7-16)13(8-17-9-13)11-2-3-12(14)18-11/h2-3,10,15H,4-9H2,1H3. The van der Waals surface area contributed by atoms with Gasteiger partial charge in [-0.3, -0.25) is 4.90 Å². The molecule has 2 fully saturated rings. The first-order valence-electron chi connectivity index (χ1n) is 6.51. The molecule has 0 aromatic carbocycles. The molecule has 2 saturated heterocycles. The number of nitrogens with one attached hydrogen (secondary N) is 1. The van der Waals surface area contributed by atoms with Gasteiger partial charge in [0.05, 0.1) is 22.4 Å². The van der Waals surface area contributed by atoms with Crippen molar-refractivity contribution in [1.29, 1.82) is 0 Å². The van der Waals surface area contributed by atoms with E-state index in [1.54, 1.807) is 0 Å². The predicted octanol–water partition coefficient (Wildman–Crippen LogP) is 2.07. The van der Waals surface area contributed by atoms with E-state index in [1.807, 2.05) is 11.3 Å². The molecule has 0 aliphatic carbocycles. The molecule has 3 heterocycles. The van der Waals surface area contributed by atoms with Crippen molar-refractivity contribution in [2.45, 2.75) is 18.4 Å². The Bertz CT molecular complexity index is 413. The second-order valence-corrected chi connectivity index (χ2v) is 7.68. The number of ether oxygens (including phenoxy) is 1. The van der Waals surface area contributed by atoms with Gasteiger partial charge in [-0.25, -0.2) is 0 Å². The van der Waals surface area contributed by atoms with E-state index < -0.39 is 0 Å². The highest BCUT2D eigenvalue weighted by Crippen LogP contribution is 2.42. The minimum Gasteiger partial charge on any atom is -0.379 e. The number of hydrogen-bond donors (Lipinski definition) is 1. The third-order valence-electron chi connectivity index (χ3n) is 4.28. The van der Waals surface area contributed by atoms with Crippen LogP contribution in [0.3, 0.4) is 0 Å². The second kappa shape index (κ2) is 5.21. The molecule has 3 rings (SSSR count). The Hall–Kier alpha value is 0.0600. The zero-order valence-electron chi connectivity index (χ0n) is 10.6. The van der Waals surface area contributed by atoms with Crippen LogP contribution in [0, 0.1) is 0 Å². The molecule has 2 aliphatic rings. The molecule has 100 valence electrons. The van der Waals surface area contributed by atoms with Crippen LogP contribution in [0.5, 0.6) is 0 Å². The molecule has 1 unspecified atom stereocenters. The van der Waals surface area contributed by atoms with Gasteiger partial charge >= 0.3 is 0 Å². The van der Waals surface area contributed by atoms with Crippen molar-refractivity contribution in [2.24, 2.45) is 0 Å². The molecule has 18 heavy (non-hydrogen) atoms. The number of rotatable bonds is 3. The smallest absolute Gasteiger partial charge is 0.0701 e. The molecule has 0 amide bonds. The Balaban J connectivity index is 1.82. The van der Waals surface area contributed by atoms with Gasteiger partial charge in [-0.1, -0.05) is 0 Å². The second-order valence-electron chi connectivity index (χ2n) is 5.21. The number of piperazine rings is 1. The zero-order valence-corrected chi connectivity index (χ0v) is 13.0. The number of nitrogens with zero attached hydrogens (tertiary/aromatic N) is 1. The van der Waals surface area contributed by atoms with E-state index in [9.17, 15) is 0 Å². The van der Waals surface area contributed by atoms with Crippen LogP contribution in [0.25, 0.3) is 0 Å². The van der Waals surface area contributed by atoms with E-state index in [0.717, 1.165) is 39.4 Å². The van der Waals surface area contributed by atoms with Crippen LogP contribution in [0.4, 0.5) is 0 Å². The van der Waals surface area contributed by atoms with Crippen molar-refractivity contribution in [3.8, 4) is 0 Å². The molecule has 5 heteroatoms. The minimum absolute atomic E-state index is 0.216. The van der Waals surface area contributed by atoms with E-state index in [4.69, 9.17) is 4.74 Å². The van der Waals surface area contributed by atoms with E-state index in [-0.39, 0.29) is 5.41 Å². The summed E-state index contributed by atoms with van der Waals surface area (Å²) in [6.07, 6.45) is 0. The first kappa shape index (κ1) is 13.1. The van der Waals surface area contributed by atoms with E-state index in [1.165, 1.54) is 8.66 Å². The first-order chi connectivity index (χ1) is 8.72. The van der Waals surface area contributed by atoms with E-state index in [2.05, 4.69) is 45.2 Å². The molecule has 3 nitrogen and oxygen atoms in total. The summed E-state index contributed by atoms with van der Waals surface area (Å²) in [6.45, 7) is 8.60. The van der Waals surface area contributed by atoms with Crippen LogP contribution in [-0.2, 0) is 10.2 Å². The maximum atomic E-state index is 5.56. The summed E-state index contributed by atoms with van der Waals surface area (Å²) < 4.78 is 6.78. The van der Waals surface area contributed by atoms with Gasteiger partial charge < -0.3 is 10.1 Å². The Morgan fingerprint density at radius 2 is 2.11 bits per heavy atom. The highest BCUT2D eigenvalue weighted by molar-refractivity contribution is 9.11. The summed E-state index contributed by atoms with van der Waals surface area (Å²) in [5.41, 5.74) is 0.216. The molecule has 0 radical (unpaired) electrons. The van der Waals surface area contributed by atoms with Gasteiger partial charge in [-0.2, -0.15) is 0 Å². The summed E-state index contributed by atoms with van der Waals surface area (Å²) in [5, 5.41) is 3.42. The third-order valence-corrected chi connectivity index (χ3v) is 6.13. The quantitative estimate of drug-likeness (QED) is 0.918. The average molecular weight is 331 g/mol. The first-order valence-corrected chi connectivity index (χ1v) is 8.12. The lowest BCUT2D eigenvalue weighted by atomic mass is 9.76. The van der Waals surface area contributed by atoms with E-state index >= 15 is 0 Å². The van der Waals surface area contributed by atoms with Crippen molar-refractivity contribution >= 4 is 27.3 Å². The molecule has 0 spiro atoms. The molecule has 0 bridgehead atoms. The van der Waals surface area contributed by atoms with Gasteiger partial charge in [0, 0.05) is 37.1 Å². The van der Waals surface area contributed by atoms with Crippen LogP contribution in [-0.4, -0.2) is 50.3 Å². The van der Waals surface area contributed by atoms with Crippen molar-refractivity contribution < 1.29 is 4.74 Å². The maximum Gasteiger partial charge on any atom is 0.0701 e. The molecular weight excluding hydrogens is 312 g/mol. The maximum absolute atomic E-state index is 5.56. The van der Waals surface area contributed by atoms with Gasteiger partial charge in [-0.05, 0) is 35.0 Å². The molecule has 1 N–H and O–H groups in total. The monoisotopic (exact) mass is 330 g/mol. The van der Waals surface area contributed by atoms with Crippen molar-refractivity contribution in [1.82, 2.24) is 10.2 Å². The number of hydrogen-bond acceptors (Lipinski definition) is 4. The topological polar surface area (TPSA) is 24.5 Å². The minimum atomic E-state index is 0.216. The van der Waals surface area contributed by atoms with Gasteiger partial charge in [0.2, 0.25) is 0 Å². The molecular formula is C13H19BrN2OS. The lowest BCUT2D eigenvalue weighted by Gasteiger charge is -2.50. The van der Waals surface area contributed by atoms with Gasteiger partial charge in [0.15, 0.2) is 0 Å². The average Bonchev–Trinajstić information content (AvgIpc) is 2.76. The largest absolute Gasteiger partial charge is 0.379 e. The SMILES string of the molecule is CC(N1CCNCC1)C1(c2ccc(Br)s2)COC1. The Morgan fingerprint density at radius 3 is 2.61 bits per heavy atom. The molecule has 1 aromatic rings. The Kier molecular flexibility index (Phi) is 3.78. The fourth-order valence-corrected chi connectivity index (χ4v) is 4.54. The molecule has 2 aliphatic heterocycles. The number of halogens is 1. The van der Waals surface area contributed by atoms with Crippen LogP contribution < -0.4 is 5.32 Å². The van der Waals surface area contributed by atoms with Crippen LogP contribution in [0.15, 0.2) is 15.9 Å². The molecule has 1 aromatic heterocycles. The van der Waals surface area contributed by atoms with Gasteiger partial charge in [-0.15, -0.1) is 11.3 Å². The predicted molar refractivity (Wildman–Crippen MR) is 78.4 cm³/mol. The highest BCUT2D eigenvalue weighted by atomic mass is 79.9. The fourth-order valence-electron chi connectivity index (χ4n) is 2.91. The lowest BCUT2D eigenvalue weighted by molar-refractivity contribution is -0.0985. The normalized spacial score (nSPS) is 25.7. The number of thiophene rings is 1. The van der Waals surface area contributed by atoms with Crippen molar-refractivity contribution in [3.05, 3.63) is 20.8 Å². The van der Waals surface area contributed by atoms with Crippen molar-refractivity contribution in [3.63, 3.8) is 0 Å².